The Kier molecular flexibility index (Phi) is 4.95. The minimum absolute atomic E-state index is 0.0475. The van der Waals surface area contributed by atoms with Crippen LogP contribution in [-0.4, -0.2) is 34.6 Å². The minimum atomic E-state index is -0.160. The Morgan fingerprint density at radius 2 is 1.67 bits per heavy atom. The molecule has 3 heterocycles. The lowest BCUT2D eigenvalue weighted by Gasteiger charge is -2.38. The molecular formula is C28H30N4O. The number of benzene rings is 2. The zero-order valence-corrected chi connectivity index (χ0v) is 18.9. The minimum Gasteiger partial charge on any atom is -0.339 e. The van der Waals surface area contributed by atoms with Crippen molar-refractivity contribution < 1.29 is 4.79 Å². The SMILES string of the molecule is NC1(c2ccc(C3N=C4C=C(C(=O)N5CCCC5)C=CN4C3c3ccccc3)cc2)CCC1. The molecule has 33 heavy (non-hydrogen) atoms. The van der Waals surface area contributed by atoms with E-state index in [1.54, 1.807) is 0 Å². The maximum atomic E-state index is 13.0. The van der Waals surface area contributed by atoms with E-state index in [0.717, 1.165) is 50.2 Å². The smallest absolute Gasteiger partial charge is 0.254 e. The quantitative estimate of drug-likeness (QED) is 0.759. The van der Waals surface area contributed by atoms with Gasteiger partial charge in [0.2, 0.25) is 0 Å². The summed E-state index contributed by atoms with van der Waals surface area (Å²) in [6, 6.07) is 19.3. The van der Waals surface area contributed by atoms with Gasteiger partial charge in [-0.05, 0) is 60.9 Å². The van der Waals surface area contributed by atoms with Gasteiger partial charge in [-0.15, -0.1) is 0 Å². The number of carbonyl (C=O) groups excluding carboxylic acids is 1. The Morgan fingerprint density at radius 1 is 0.939 bits per heavy atom. The molecule has 2 aromatic rings. The van der Waals surface area contributed by atoms with E-state index in [1.807, 2.05) is 29.3 Å². The molecule has 1 saturated carbocycles. The predicted molar refractivity (Wildman–Crippen MR) is 130 cm³/mol. The van der Waals surface area contributed by atoms with Gasteiger partial charge in [0.1, 0.15) is 11.9 Å². The van der Waals surface area contributed by atoms with Crippen LogP contribution in [0.5, 0.6) is 0 Å². The molecule has 1 amide bonds. The molecular weight excluding hydrogens is 408 g/mol. The Bertz CT molecular complexity index is 1140. The molecule has 0 bridgehead atoms. The third-order valence-electron chi connectivity index (χ3n) is 7.69. The van der Waals surface area contributed by atoms with Gasteiger partial charge >= 0.3 is 0 Å². The summed E-state index contributed by atoms with van der Waals surface area (Å²) < 4.78 is 0. The van der Waals surface area contributed by atoms with Gasteiger partial charge in [-0.2, -0.15) is 0 Å². The Balaban J connectivity index is 1.35. The molecule has 5 nitrogen and oxygen atoms in total. The van der Waals surface area contributed by atoms with E-state index in [1.165, 1.54) is 23.1 Å². The molecule has 6 rings (SSSR count). The van der Waals surface area contributed by atoms with E-state index < -0.39 is 0 Å². The first-order valence-electron chi connectivity index (χ1n) is 12.1. The molecule has 5 heteroatoms. The molecule has 2 atom stereocenters. The summed E-state index contributed by atoms with van der Waals surface area (Å²) in [5.41, 5.74) is 10.7. The van der Waals surface area contributed by atoms with Crippen molar-refractivity contribution in [3.05, 3.63) is 95.2 Å². The van der Waals surface area contributed by atoms with Crippen molar-refractivity contribution in [1.29, 1.82) is 0 Å². The average molecular weight is 439 g/mol. The monoisotopic (exact) mass is 438 g/mol. The predicted octanol–water partition coefficient (Wildman–Crippen LogP) is 4.60. The van der Waals surface area contributed by atoms with E-state index in [2.05, 4.69) is 53.4 Å². The van der Waals surface area contributed by atoms with Crippen LogP contribution >= 0.6 is 0 Å². The van der Waals surface area contributed by atoms with Crippen LogP contribution in [0.4, 0.5) is 0 Å². The maximum absolute atomic E-state index is 13.0. The van der Waals surface area contributed by atoms with Gasteiger partial charge in [0, 0.05) is 30.4 Å². The first-order valence-corrected chi connectivity index (χ1v) is 12.1. The van der Waals surface area contributed by atoms with Gasteiger partial charge in [0.25, 0.3) is 5.91 Å². The van der Waals surface area contributed by atoms with E-state index >= 15 is 0 Å². The number of fused-ring (bicyclic) bond motifs is 1. The summed E-state index contributed by atoms with van der Waals surface area (Å²) in [6.07, 6.45) is 11.5. The molecule has 1 saturated heterocycles. The third kappa shape index (κ3) is 3.51. The van der Waals surface area contributed by atoms with Crippen LogP contribution < -0.4 is 5.73 Å². The second kappa shape index (κ2) is 7.99. The van der Waals surface area contributed by atoms with Crippen molar-refractivity contribution in [3.8, 4) is 0 Å². The van der Waals surface area contributed by atoms with Crippen LogP contribution in [0, 0.1) is 0 Å². The van der Waals surface area contributed by atoms with Crippen LogP contribution in [0.15, 0.2) is 83.5 Å². The second-order valence-electron chi connectivity index (χ2n) is 9.74. The van der Waals surface area contributed by atoms with E-state index in [0.29, 0.717) is 0 Å². The number of amides is 1. The number of likely N-dealkylation sites (tertiary alicyclic amines) is 1. The second-order valence-corrected chi connectivity index (χ2v) is 9.74. The van der Waals surface area contributed by atoms with Crippen LogP contribution in [0.1, 0.15) is 60.9 Å². The van der Waals surface area contributed by atoms with E-state index in [4.69, 9.17) is 10.7 Å². The third-order valence-corrected chi connectivity index (χ3v) is 7.69. The zero-order chi connectivity index (χ0) is 22.4. The number of carbonyl (C=O) groups is 1. The fraction of sp³-hybridized carbons (Fsp3) is 0.357. The van der Waals surface area contributed by atoms with Gasteiger partial charge in [0.05, 0.1) is 6.04 Å². The number of hydrogen-bond donors (Lipinski definition) is 1. The Morgan fingerprint density at radius 3 is 2.33 bits per heavy atom. The van der Waals surface area contributed by atoms with Crippen molar-refractivity contribution in [3.63, 3.8) is 0 Å². The highest BCUT2D eigenvalue weighted by Gasteiger charge is 2.39. The first-order chi connectivity index (χ1) is 16.1. The molecule has 0 radical (unpaired) electrons. The summed E-state index contributed by atoms with van der Waals surface area (Å²) >= 11 is 0. The number of aliphatic imine (C=N–C) groups is 1. The summed E-state index contributed by atoms with van der Waals surface area (Å²) in [5, 5.41) is 0. The van der Waals surface area contributed by atoms with Gasteiger partial charge in [-0.25, -0.2) is 0 Å². The number of nitrogens with zero attached hydrogens (tertiary/aromatic N) is 3. The number of amidine groups is 1. The summed E-state index contributed by atoms with van der Waals surface area (Å²) in [6.45, 7) is 1.70. The van der Waals surface area contributed by atoms with Crippen molar-refractivity contribution >= 4 is 11.7 Å². The average Bonchev–Trinajstić information content (AvgIpc) is 3.51. The largest absolute Gasteiger partial charge is 0.339 e. The Hall–Kier alpha value is -3.18. The van der Waals surface area contributed by atoms with Crippen LogP contribution in [0.25, 0.3) is 0 Å². The normalized spacial score (nSPS) is 25.4. The number of rotatable bonds is 4. The summed E-state index contributed by atoms with van der Waals surface area (Å²) in [7, 11) is 0. The summed E-state index contributed by atoms with van der Waals surface area (Å²) in [4.78, 5) is 22.3. The molecule has 0 aromatic heterocycles. The molecule has 4 aliphatic rings. The van der Waals surface area contributed by atoms with E-state index in [9.17, 15) is 4.79 Å². The molecule has 1 aliphatic carbocycles. The fourth-order valence-electron chi connectivity index (χ4n) is 5.55. The molecule has 2 N–H and O–H groups in total. The van der Waals surface area contributed by atoms with Crippen LogP contribution in [0.3, 0.4) is 0 Å². The molecule has 2 fully saturated rings. The van der Waals surface area contributed by atoms with Crippen molar-refractivity contribution in [2.45, 2.75) is 49.7 Å². The highest BCUT2D eigenvalue weighted by Crippen LogP contribution is 2.45. The number of hydrogen-bond acceptors (Lipinski definition) is 4. The highest BCUT2D eigenvalue weighted by molar-refractivity contribution is 6.07. The van der Waals surface area contributed by atoms with Crippen LogP contribution in [0.2, 0.25) is 0 Å². The molecule has 2 unspecified atom stereocenters. The fourth-order valence-corrected chi connectivity index (χ4v) is 5.55. The lowest BCUT2D eigenvalue weighted by Crippen LogP contribution is -2.43. The standard InChI is InChI=1S/C28H30N4O/c29-28(14-6-15-28)23-11-9-20(10-12-23)25-26(21-7-2-1-3-8-21)32-18-13-22(19-24(32)30-25)27(33)31-16-4-5-17-31/h1-3,7-13,18-19,25-26H,4-6,14-17,29H2. The van der Waals surface area contributed by atoms with Gasteiger partial charge in [-0.1, -0.05) is 54.6 Å². The molecule has 2 aromatic carbocycles. The van der Waals surface area contributed by atoms with Gasteiger partial charge in [-0.3, -0.25) is 9.79 Å². The lowest BCUT2D eigenvalue weighted by atomic mass is 9.72. The van der Waals surface area contributed by atoms with Gasteiger partial charge < -0.3 is 15.5 Å². The summed E-state index contributed by atoms with van der Waals surface area (Å²) in [5.74, 6) is 0.973. The highest BCUT2D eigenvalue weighted by atomic mass is 16.2. The zero-order valence-electron chi connectivity index (χ0n) is 18.9. The van der Waals surface area contributed by atoms with Crippen molar-refractivity contribution in [2.75, 3.05) is 13.1 Å². The van der Waals surface area contributed by atoms with Crippen molar-refractivity contribution in [1.82, 2.24) is 9.80 Å². The maximum Gasteiger partial charge on any atom is 0.254 e. The van der Waals surface area contributed by atoms with Crippen LogP contribution in [-0.2, 0) is 10.3 Å². The van der Waals surface area contributed by atoms with Crippen molar-refractivity contribution in [2.24, 2.45) is 10.7 Å². The topological polar surface area (TPSA) is 61.9 Å². The molecule has 168 valence electrons. The van der Waals surface area contributed by atoms with Gasteiger partial charge in [0.15, 0.2) is 0 Å². The molecule has 3 aliphatic heterocycles. The number of nitrogens with two attached hydrogens (primary N) is 1. The Labute approximate surface area is 195 Å². The lowest BCUT2D eigenvalue weighted by molar-refractivity contribution is -0.125. The van der Waals surface area contributed by atoms with E-state index in [-0.39, 0.29) is 23.5 Å². The molecule has 0 spiro atoms. The first kappa shape index (κ1) is 20.4.